The molecule has 0 bridgehead atoms. The number of hydrogen-bond acceptors (Lipinski definition) is 5. The van der Waals surface area contributed by atoms with Crippen molar-refractivity contribution in [2.24, 2.45) is 7.05 Å². The molecule has 0 spiro atoms. The second-order valence-electron chi connectivity index (χ2n) is 5.91. The quantitative estimate of drug-likeness (QED) is 0.573. The molecule has 0 N–H and O–H groups in total. The van der Waals surface area contributed by atoms with Gasteiger partial charge in [-0.3, -0.25) is 4.79 Å². The predicted molar refractivity (Wildman–Crippen MR) is 102 cm³/mol. The van der Waals surface area contributed by atoms with Crippen LogP contribution in [-0.4, -0.2) is 43.3 Å². The van der Waals surface area contributed by atoms with Crippen molar-refractivity contribution in [1.29, 1.82) is 0 Å². The van der Waals surface area contributed by atoms with Crippen molar-refractivity contribution in [3.8, 4) is 0 Å². The SMILES string of the molecule is Cn1nnnc1SCC(=O)N(CCc1ccccc1)Cc1ccccc1. The minimum atomic E-state index is 0.0813. The Morgan fingerprint density at radius 3 is 2.31 bits per heavy atom. The molecule has 3 aromatic rings. The summed E-state index contributed by atoms with van der Waals surface area (Å²) in [6.07, 6.45) is 0.829. The highest BCUT2D eigenvalue weighted by atomic mass is 32.2. The molecule has 0 unspecified atom stereocenters. The Hall–Kier alpha value is -2.67. The van der Waals surface area contributed by atoms with E-state index < -0.39 is 0 Å². The summed E-state index contributed by atoms with van der Waals surface area (Å²) in [5.74, 6) is 0.397. The van der Waals surface area contributed by atoms with Crippen LogP contribution in [0.2, 0.25) is 0 Å². The normalized spacial score (nSPS) is 10.7. The summed E-state index contributed by atoms with van der Waals surface area (Å²) in [5.41, 5.74) is 2.35. The molecule has 0 saturated carbocycles. The first-order valence-electron chi connectivity index (χ1n) is 8.43. The third-order valence-electron chi connectivity index (χ3n) is 3.99. The molecule has 1 amide bonds. The van der Waals surface area contributed by atoms with Crippen LogP contribution in [0.4, 0.5) is 0 Å². The molecule has 134 valence electrons. The molecule has 26 heavy (non-hydrogen) atoms. The van der Waals surface area contributed by atoms with Gasteiger partial charge < -0.3 is 4.90 Å². The molecule has 0 fully saturated rings. The van der Waals surface area contributed by atoms with E-state index in [2.05, 4.69) is 27.7 Å². The van der Waals surface area contributed by atoms with Gasteiger partial charge in [0, 0.05) is 20.1 Å². The van der Waals surface area contributed by atoms with E-state index in [1.165, 1.54) is 17.3 Å². The molecule has 0 radical (unpaired) electrons. The maximum atomic E-state index is 12.8. The number of thioether (sulfide) groups is 1. The highest BCUT2D eigenvalue weighted by Gasteiger charge is 2.16. The Morgan fingerprint density at radius 2 is 1.69 bits per heavy atom. The number of tetrazole rings is 1. The maximum Gasteiger partial charge on any atom is 0.233 e. The molecule has 1 heterocycles. The van der Waals surface area contributed by atoms with Crippen molar-refractivity contribution >= 4 is 17.7 Å². The number of aryl methyl sites for hydroxylation is 1. The summed E-state index contributed by atoms with van der Waals surface area (Å²) >= 11 is 1.36. The topological polar surface area (TPSA) is 63.9 Å². The van der Waals surface area contributed by atoms with E-state index in [9.17, 15) is 4.79 Å². The summed E-state index contributed by atoms with van der Waals surface area (Å²) in [7, 11) is 1.77. The lowest BCUT2D eigenvalue weighted by Crippen LogP contribution is -2.34. The van der Waals surface area contributed by atoms with Crippen LogP contribution in [0.25, 0.3) is 0 Å². The van der Waals surface area contributed by atoms with Crippen LogP contribution in [0.3, 0.4) is 0 Å². The second kappa shape index (κ2) is 9.15. The van der Waals surface area contributed by atoms with Gasteiger partial charge in [-0.05, 0) is 28.0 Å². The zero-order valence-electron chi connectivity index (χ0n) is 14.7. The van der Waals surface area contributed by atoms with Crippen LogP contribution in [0, 0.1) is 0 Å². The van der Waals surface area contributed by atoms with Crippen molar-refractivity contribution in [3.05, 3.63) is 71.8 Å². The first kappa shape index (κ1) is 18.1. The minimum absolute atomic E-state index is 0.0813. The van der Waals surface area contributed by atoms with E-state index in [0.29, 0.717) is 24.0 Å². The van der Waals surface area contributed by atoms with Gasteiger partial charge in [0.15, 0.2) is 0 Å². The zero-order valence-corrected chi connectivity index (χ0v) is 15.5. The highest BCUT2D eigenvalue weighted by Crippen LogP contribution is 2.15. The molecule has 2 aromatic carbocycles. The molecule has 0 atom stereocenters. The van der Waals surface area contributed by atoms with Gasteiger partial charge >= 0.3 is 0 Å². The van der Waals surface area contributed by atoms with Gasteiger partial charge in [0.25, 0.3) is 0 Å². The number of aromatic nitrogens is 4. The molecule has 3 rings (SSSR count). The Morgan fingerprint density at radius 1 is 1.04 bits per heavy atom. The fraction of sp³-hybridized carbons (Fsp3) is 0.263. The summed E-state index contributed by atoms with van der Waals surface area (Å²) < 4.78 is 1.57. The van der Waals surface area contributed by atoms with E-state index >= 15 is 0 Å². The van der Waals surface area contributed by atoms with Gasteiger partial charge in [-0.1, -0.05) is 72.4 Å². The van der Waals surface area contributed by atoms with Crippen LogP contribution in [0.5, 0.6) is 0 Å². The summed E-state index contributed by atoms with van der Waals surface area (Å²) in [5, 5.41) is 12.0. The Bertz CT molecular complexity index is 822. The number of carbonyl (C=O) groups excluding carboxylic acids is 1. The zero-order chi connectivity index (χ0) is 18.2. The van der Waals surface area contributed by atoms with Crippen LogP contribution >= 0.6 is 11.8 Å². The van der Waals surface area contributed by atoms with E-state index in [1.54, 1.807) is 11.7 Å². The summed E-state index contributed by atoms with van der Waals surface area (Å²) in [6.45, 7) is 1.28. The molecular formula is C19H21N5OS. The fourth-order valence-electron chi connectivity index (χ4n) is 2.57. The van der Waals surface area contributed by atoms with E-state index in [1.807, 2.05) is 53.4 Å². The number of carbonyl (C=O) groups is 1. The predicted octanol–water partition coefficient (Wildman–Crippen LogP) is 2.57. The maximum absolute atomic E-state index is 12.8. The molecule has 1 aromatic heterocycles. The number of rotatable bonds is 8. The fourth-order valence-corrected chi connectivity index (χ4v) is 3.32. The third kappa shape index (κ3) is 5.16. The number of benzene rings is 2. The van der Waals surface area contributed by atoms with Crippen LogP contribution in [0.1, 0.15) is 11.1 Å². The lowest BCUT2D eigenvalue weighted by atomic mass is 10.1. The monoisotopic (exact) mass is 367 g/mol. The Labute approximate surface area is 157 Å². The van der Waals surface area contributed by atoms with Crippen molar-refractivity contribution in [2.45, 2.75) is 18.1 Å². The average molecular weight is 367 g/mol. The lowest BCUT2D eigenvalue weighted by Gasteiger charge is -2.23. The third-order valence-corrected chi connectivity index (χ3v) is 4.98. The number of nitrogens with zero attached hydrogens (tertiary/aromatic N) is 5. The van der Waals surface area contributed by atoms with Gasteiger partial charge in [0.1, 0.15) is 0 Å². The molecule has 0 aliphatic rings. The molecular weight excluding hydrogens is 346 g/mol. The van der Waals surface area contributed by atoms with Crippen molar-refractivity contribution in [2.75, 3.05) is 12.3 Å². The van der Waals surface area contributed by atoms with E-state index in [0.717, 1.165) is 12.0 Å². The Kier molecular flexibility index (Phi) is 6.38. The first-order chi connectivity index (χ1) is 12.7. The molecule has 0 aliphatic heterocycles. The standard InChI is InChI=1S/C19H21N5OS/c1-23-19(20-21-22-23)26-15-18(25)24(14-17-10-6-3-7-11-17)13-12-16-8-4-2-5-9-16/h2-11H,12-15H2,1H3. The number of hydrogen-bond donors (Lipinski definition) is 0. The summed E-state index contributed by atoms with van der Waals surface area (Å²) in [4.78, 5) is 14.7. The molecule has 0 saturated heterocycles. The van der Waals surface area contributed by atoms with Crippen LogP contribution in [0.15, 0.2) is 65.8 Å². The summed E-state index contributed by atoms with van der Waals surface area (Å²) in [6, 6.07) is 20.3. The second-order valence-corrected chi connectivity index (χ2v) is 6.85. The Balaban J connectivity index is 1.64. The highest BCUT2D eigenvalue weighted by molar-refractivity contribution is 7.99. The van der Waals surface area contributed by atoms with Crippen molar-refractivity contribution in [3.63, 3.8) is 0 Å². The van der Waals surface area contributed by atoms with E-state index in [-0.39, 0.29) is 5.91 Å². The number of amides is 1. The van der Waals surface area contributed by atoms with Gasteiger partial charge in [-0.2, -0.15) is 0 Å². The van der Waals surface area contributed by atoms with Gasteiger partial charge in [0.2, 0.25) is 11.1 Å². The first-order valence-corrected chi connectivity index (χ1v) is 9.42. The minimum Gasteiger partial charge on any atom is -0.337 e. The smallest absolute Gasteiger partial charge is 0.233 e. The van der Waals surface area contributed by atoms with Gasteiger partial charge in [-0.25, -0.2) is 4.68 Å². The van der Waals surface area contributed by atoms with Crippen LogP contribution in [-0.2, 0) is 24.8 Å². The van der Waals surface area contributed by atoms with Crippen molar-refractivity contribution in [1.82, 2.24) is 25.1 Å². The molecule has 7 heteroatoms. The average Bonchev–Trinajstić information content (AvgIpc) is 3.09. The van der Waals surface area contributed by atoms with E-state index in [4.69, 9.17) is 0 Å². The van der Waals surface area contributed by atoms with Gasteiger partial charge in [-0.15, -0.1) is 5.10 Å². The van der Waals surface area contributed by atoms with Gasteiger partial charge in [0.05, 0.1) is 5.75 Å². The van der Waals surface area contributed by atoms with Crippen molar-refractivity contribution < 1.29 is 4.79 Å². The molecule has 0 aliphatic carbocycles. The van der Waals surface area contributed by atoms with Crippen LogP contribution < -0.4 is 0 Å². The molecule has 6 nitrogen and oxygen atoms in total. The largest absolute Gasteiger partial charge is 0.337 e. The lowest BCUT2D eigenvalue weighted by molar-refractivity contribution is -0.128.